The molecule has 0 radical (unpaired) electrons. The van der Waals surface area contributed by atoms with Crippen LogP contribution in [-0.4, -0.2) is 33.9 Å². The van der Waals surface area contributed by atoms with Gasteiger partial charge in [-0.3, -0.25) is 4.72 Å². The molecule has 0 fully saturated rings. The summed E-state index contributed by atoms with van der Waals surface area (Å²) in [6.07, 6.45) is 1.81. The SMILES string of the molecule is Cc1cccc(CS(=O)(=O)Nc2ccc3c(c2)CN(S(C)(=O)=O)CC3)c1. The van der Waals surface area contributed by atoms with Gasteiger partial charge in [0.25, 0.3) is 0 Å². The highest BCUT2D eigenvalue weighted by Gasteiger charge is 2.23. The van der Waals surface area contributed by atoms with Gasteiger partial charge in [0.1, 0.15) is 0 Å². The first-order chi connectivity index (χ1) is 12.1. The lowest BCUT2D eigenvalue weighted by atomic mass is 10.0. The van der Waals surface area contributed by atoms with Crippen LogP contribution in [0.15, 0.2) is 42.5 Å². The van der Waals surface area contributed by atoms with E-state index in [0.29, 0.717) is 18.7 Å². The molecule has 0 amide bonds. The van der Waals surface area contributed by atoms with E-state index in [1.807, 2.05) is 31.2 Å². The Balaban J connectivity index is 1.78. The minimum Gasteiger partial charge on any atom is -0.283 e. The zero-order chi connectivity index (χ0) is 18.9. The van der Waals surface area contributed by atoms with Crippen molar-refractivity contribution in [3.8, 4) is 0 Å². The molecule has 1 aliphatic rings. The van der Waals surface area contributed by atoms with Gasteiger partial charge in [0.15, 0.2) is 0 Å². The Bertz CT molecular complexity index is 1030. The van der Waals surface area contributed by atoms with E-state index in [0.717, 1.165) is 22.3 Å². The fraction of sp³-hybridized carbons (Fsp3) is 0.333. The third-order valence-electron chi connectivity index (χ3n) is 4.37. The molecule has 1 heterocycles. The second kappa shape index (κ2) is 7.02. The molecule has 0 saturated carbocycles. The third-order valence-corrected chi connectivity index (χ3v) is 6.87. The van der Waals surface area contributed by atoms with Gasteiger partial charge < -0.3 is 0 Å². The van der Waals surface area contributed by atoms with Crippen LogP contribution in [0.3, 0.4) is 0 Å². The molecule has 6 nitrogen and oxygen atoms in total. The minimum absolute atomic E-state index is 0.110. The second-order valence-electron chi connectivity index (χ2n) is 6.68. The van der Waals surface area contributed by atoms with Crippen LogP contribution in [0.5, 0.6) is 0 Å². The smallest absolute Gasteiger partial charge is 0.236 e. The molecule has 0 aromatic heterocycles. The van der Waals surface area contributed by atoms with Crippen LogP contribution < -0.4 is 4.72 Å². The van der Waals surface area contributed by atoms with E-state index < -0.39 is 20.0 Å². The highest BCUT2D eigenvalue weighted by molar-refractivity contribution is 7.91. The van der Waals surface area contributed by atoms with E-state index in [9.17, 15) is 16.8 Å². The fourth-order valence-electron chi connectivity index (χ4n) is 3.11. The highest BCUT2D eigenvalue weighted by atomic mass is 32.2. The van der Waals surface area contributed by atoms with Crippen LogP contribution in [-0.2, 0) is 38.8 Å². The van der Waals surface area contributed by atoms with Gasteiger partial charge in [0.2, 0.25) is 20.0 Å². The number of nitrogens with one attached hydrogen (secondary N) is 1. The standard InChI is InChI=1S/C18H22N2O4S2/c1-14-4-3-5-15(10-14)13-26(23,24)19-18-7-6-16-8-9-20(25(2,21)22)12-17(16)11-18/h3-7,10-11,19H,8-9,12-13H2,1-2H3. The molecule has 0 spiro atoms. The van der Waals surface area contributed by atoms with Crippen molar-refractivity contribution in [2.45, 2.75) is 25.6 Å². The number of nitrogens with zero attached hydrogens (tertiary/aromatic N) is 1. The summed E-state index contributed by atoms with van der Waals surface area (Å²) in [4.78, 5) is 0. The van der Waals surface area contributed by atoms with Gasteiger partial charge in [-0.2, -0.15) is 4.31 Å². The van der Waals surface area contributed by atoms with Crippen molar-refractivity contribution < 1.29 is 16.8 Å². The molecule has 26 heavy (non-hydrogen) atoms. The largest absolute Gasteiger partial charge is 0.283 e. The number of sulfonamides is 2. The first-order valence-corrected chi connectivity index (χ1v) is 11.8. The Hall–Kier alpha value is -1.90. The number of aryl methyl sites for hydroxylation is 1. The summed E-state index contributed by atoms with van der Waals surface area (Å²) < 4.78 is 52.4. The molecular formula is C18H22N2O4S2. The van der Waals surface area contributed by atoms with Crippen molar-refractivity contribution in [1.82, 2.24) is 4.31 Å². The molecule has 0 unspecified atom stereocenters. The fourth-order valence-corrected chi connectivity index (χ4v) is 5.09. The van der Waals surface area contributed by atoms with Gasteiger partial charge in [-0.1, -0.05) is 35.9 Å². The molecule has 0 saturated heterocycles. The molecule has 0 aliphatic carbocycles. The number of hydrogen-bond acceptors (Lipinski definition) is 4. The van der Waals surface area contributed by atoms with Crippen molar-refractivity contribution in [3.05, 3.63) is 64.7 Å². The lowest BCUT2D eigenvalue weighted by Crippen LogP contribution is -2.35. The maximum Gasteiger partial charge on any atom is 0.236 e. The number of hydrogen-bond donors (Lipinski definition) is 1. The molecule has 2 aromatic carbocycles. The summed E-state index contributed by atoms with van der Waals surface area (Å²) in [6, 6.07) is 12.7. The lowest BCUT2D eigenvalue weighted by Gasteiger charge is -2.27. The van der Waals surface area contributed by atoms with E-state index in [1.165, 1.54) is 10.6 Å². The number of fused-ring (bicyclic) bond motifs is 1. The Morgan fingerprint density at radius 3 is 2.50 bits per heavy atom. The Morgan fingerprint density at radius 2 is 1.81 bits per heavy atom. The van der Waals surface area contributed by atoms with Crippen molar-refractivity contribution >= 4 is 25.7 Å². The monoisotopic (exact) mass is 394 g/mol. The van der Waals surface area contributed by atoms with E-state index in [2.05, 4.69) is 4.72 Å². The topological polar surface area (TPSA) is 83.6 Å². The molecule has 2 aromatic rings. The number of rotatable bonds is 5. The van der Waals surface area contributed by atoms with E-state index >= 15 is 0 Å². The molecular weight excluding hydrogens is 372 g/mol. The molecule has 8 heteroatoms. The van der Waals surface area contributed by atoms with Crippen LogP contribution in [0, 0.1) is 6.92 Å². The maximum atomic E-state index is 12.5. The summed E-state index contributed by atoms with van der Waals surface area (Å²) >= 11 is 0. The minimum atomic E-state index is -3.55. The summed E-state index contributed by atoms with van der Waals surface area (Å²) in [6.45, 7) is 2.63. The van der Waals surface area contributed by atoms with Crippen molar-refractivity contribution in [3.63, 3.8) is 0 Å². The van der Waals surface area contributed by atoms with Gasteiger partial charge in [0, 0.05) is 18.8 Å². The van der Waals surface area contributed by atoms with Crippen LogP contribution in [0.4, 0.5) is 5.69 Å². The number of benzene rings is 2. The molecule has 1 aliphatic heterocycles. The van der Waals surface area contributed by atoms with E-state index in [1.54, 1.807) is 18.2 Å². The molecule has 0 bridgehead atoms. The molecule has 140 valence electrons. The van der Waals surface area contributed by atoms with Gasteiger partial charge >= 0.3 is 0 Å². The average Bonchev–Trinajstić information content (AvgIpc) is 2.52. The van der Waals surface area contributed by atoms with E-state index in [4.69, 9.17) is 0 Å². The van der Waals surface area contributed by atoms with Crippen molar-refractivity contribution in [2.75, 3.05) is 17.5 Å². The predicted molar refractivity (Wildman–Crippen MR) is 103 cm³/mol. The third kappa shape index (κ3) is 4.63. The van der Waals surface area contributed by atoms with Gasteiger partial charge in [0.05, 0.1) is 12.0 Å². The van der Waals surface area contributed by atoms with Crippen LogP contribution in [0.2, 0.25) is 0 Å². The van der Waals surface area contributed by atoms with Crippen LogP contribution in [0.1, 0.15) is 22.3 Å². The molecule has 3 rings (SSSR count). The summed E-state index contributed by atoms with van der Waals surface area (Å²) in [7, 11) is -6.82. The summed E-state index contributed by atoms with van der Waals surface area (Å²) in [5.74, 6) is -0.110. The zero-order valence-corrected chi connectivity index (χ0v) is 16.4. The number of anilines is 1. The van der Waals surface area contributed by atoms with Crippen LogP contribution in [0.25, 0.3) is 0 Å². The summed E-state index contributed by atoms with van der Waals surface area (Å²) in [5.41, 5.74) is 4.06. The van der Waals surface area contributed by atoms with Gasteiger partial charge in [-0.25, -0.2) is 16.8 Å². The Kier molecular flexibility index (Phi) is 5.09. The van der Waals surface area contributed by atoms with Gasteiger partial charge in [-0.05, 0) is 42.2 Å². The predicted octanol–water partition coefficient (Wildman–Crippen LogP) is 2.25. The zero-order valence-electron chi connectivity index (χ0n) is 14.8. The highest BCUT2D eigenvalue weighted by Crippen LogP contribution is 2.25. The van der Waals surface area contributed by atoms with Crippen molar-refractivity contribution in [2.24, 2.45) is 0 Å². The first kappa shape index (κ1) is 18.9. The molecule has 0 atom stereocenters. The van der Waals surface area contributed by atoms with Gasteiger partial charge in [-0.15, -0.1) is 0 Å². The lowest BCUT2D eigenvalue weighted by molar-refractivity contribution is 0.395. The quantitative estimate of drug-likeness (QED) is 0.843. The Morgan fingerprint density at radius 1 is 1.04 bits per heavy atom. The van der Waals surface area contributed by atoms with E-state index in [-0.39, 0.29) is 12.3 Å². The Labute approximate surface area is 155 Å². The summed E-state index contributed by atoms with van der Waals surface area (Å²) in [5, 5.41) is 0. The normalized spacial score (nSPS) is 15.5. The average molecular weight is 395 g/mol. The first-order valence-electron chi connectivity index (χ1n) is 8.25. The molecule has 1 N–H and O–H groups in total. The van der Waals surface area contributed by atoms with Crippen LogP contribution >= 0.6 is 0 Å². The maximum absolute atomic E-state index is 12.5. The van der Waals surface area contributed by atoms with Crippen molar-refractivity contribution in [1.29, 1.82) is 0 Å². The second-order valence-corrected chi connectivity index (χ2v) is 10.4.